The van der Waals surface area contributed by atoms with Crippen LogP contribution in [0, 0.1) is 5.92 Å². The van der Waals surface area contributed by atoms with Crippen molar-refractivity contribution >= 4 is 17.4 Å². The van der Waals surface area contributed by atoms with Crippen LogP contribution in [0.2, 0.25) is 0 Å². The number of nitrogens with zero attached hydrogens (tertiary/aromatic N) is 1. The van der Waals surface area contributed by atoms with E-state index < -0.39 is 17.7 Å². The van der Waals surface area contributed by atoms with Crippen LogP contribution in [-0.2, 0) is 16.1 Å². The molecule has 3 aromatic rings. The summed E-state index contributed by atoms with van der Waals surface area (Å²) in [6.45, 7) is 7.88. The highest BCUT2D eigenvalue weighted by atomic mass is 16.6. The topological polar surface area (TPSA) is 108 Å². The molecule has 1 unspecified atom stereocenters. The molecular formula is C31H33NO8. The molecule has 5 rings (SSSR count). The van der Waals surface area contributed by atoms with E-state index in [2.05, 4.69) is 13.8 Å². The van der Waals surface area contributed by atoms with Crippen molar-refractivity contribution in [2.24, 2.45) is 5.92 Å². The van der Waals surface area contributed by atoms with Crippen LogP contribution in [-0.4, -0.2) is 48.1 Å². The lowest BCUT2D eigenvalue weighted by Gasteiger charge is -2.25. The second-order valence-corrected chi connectivity index (χ2v) is 10.0. The van der Waals surface area contributed by atoms with Crippen molar-refractivity contribution in [3.8, 4) is 23.0 Å². The number of ether oxygens (including phenoxy) is 4. The predicted octanol–water partition coefficient (Wildman–Crippen LogP) is 5.50. The first-order valence-electron chi connectivity index (χ1n) is 13.5. The maximum atomic E-state index is 13.5. The van der Waals surface area contributed by atoms with Gasteiger partial charge in [-0.05, 0) is 67.3 Å². The van der Waals surface area contributed by atoms with E-state index in [1.807, 2.05) is 6.92 Å². The largest absolute Gasteiger partial charge is 0.507 e. The minimum atomic E-state index is -0.901. The monoisotopic (exact) mass is 547 g/mol. The quantitative estimate of drug-likeness (QED) is 0.202. The van der Waals surface area contributed by atoms with Gasteiger partial charge in [-0.2, -0.15) is 0 Å². The van der Waals surface area contributed by atoms with Gasteiger partial charge >= 0.3 is 0 Å². The molecule has 3 heterocycles. The molecule has 1 atom stereocenters. The van der Waals surface area contributed by atoms with Gasteiger partial charge in [0.2, 0.25) is 0 Å². The van der Waals surface area contributed by atoms with Crippen molar-refractivity contribution in [1.82, 2.24) is 4.90 Å². The van der Waals surface area contributed by atoms with E-state index in [0.29, 0.717) is 72.2 Å². The van der Waals surface area contributed by atoms with E-state index in [4.69, 9.17) is 23.4 Å². The Hall–Kier alpha value is -4.40. The Labute approximate surface area is 232 Å². The number of likely N-dealkylation sites (tertiary alicyclic amines) is 1. The third-order valence-electron chi connectivity index (χ3n) is 6.80. The van der Waals surface area contributed by atoms with Crippen LogP contribution in [0.3, 0.4) is 0 Å². The molecule has 1 N–H and O–H groups in total. The maximum Gasteiger partial charge on any atom is 0.296 e. The smallest absolute Gasteiger partial charge is 0.296 e. The fourth-order valence-electron chi connectivity index (χ4n) is 4.79. The number of Topliss-reactive ketones (excluding diaryl/α,β-unsaturated/α-hetero) is 1. The van der Waals surface area contributed by atoms with Crippen molar-refractivity contribution in [2.45, 2.75) is 39.8 Å². The zero-order valence-corrected chi connectivity index (χ0v) is 22.8. The zero-order chi connectivity index (χ0) is 28.2. The average Bonchev–Trinajstić information content (AvgIpc) is 3.55. The third kappa shape index (κ3) is 5.50. The molecule has 0 bridgehead atoms. The molecule has 0 aliphatic carbocycles. The molecule has 9 nitrogen and oxygen atoms in total. The fraction of sp³-hybridized carbons (Fsp3) is 0.355. The highest BCUT2D eigenvalue weighted by molar-refractivity contribution is 6.46. The lowest BCUT2D eigenvalue weighted by molar-refractivity contribution is -0.140. The lowest BCUT2D eigenvalue weighted by Crippen LogP contribution is -2.29. The lowest BCUT2D eigenvalue weighted by atomic mass is 9.94. The Morgan fingerprint density at radius 3 is 2.55 bits per heavy atom. The SMILES string of the molecule is CCOc1cc(C2C(=C(O)c3ccc4c(c3)OCCO4)C(=O)C(=O)N2Cc2ccco2)ccc1OCCC(C)C. The number of aliphatic hydroxyl groups is 1. The summed E-state index contributed by atoms with van der Waals surface area (Å²) in [4.78, 5) is 28.2. The van der Waals surface area contributed by atoms with Gasteiger partial charge in [-0.1, -0.05) is 19.9 Å². The molecule has 210 valence electrons. The summed E-state index contributed by atoms with van der Waals surface area (Å²) in [5, 5.41) is 11.5. The maximum absolute atomic E-state index is 13.5. The number of furan rings is 1. The van der Waals surface area contributed by atoms with Gasteiger partial charge < -0.3 is 33.4 Å². The van der Waals surface area contributed by atoms with E-state index in [1.165, 1.54) is 11.2 Å². The fourth-order valence-corrected chi connectivity index (χ4v) is 4.79. The molecule has 1 aromatic heterocycles. The molecule has 9 heteroatoms. The number of rotatable bonds is 10. The minimum absolute atomic E-state index is 0.0378. The normalized spacial score (nSPS) is 17.9. The number of fused-ring (bicyclic) bond motifs is 1. The molecule has 1 amide bonds. The number of amides is 1. The van der Waals surface area contributed by atoms with Crippen molar-refractivity contribution in [3.05, 3.63) is 77.3 Å². The second kappa shape index (κ2) is 11.8. The number of benzene rings is 2. The number of hydrogen-bond acceptors (Lipinski definition) is 8. The van der Waals surface area contributed by atoms with Crippen LogP contribution in [0.1, 0.15) is 50.1 Å². The molecule has 2 aliphatic heterocycles. The molecule has 40 heavy (non-hydrogen) atoms. The summed E-state index contributed by atoms with van der Waals surface area (Å²) in [6.07, 6.45) is 2.39. The molecule has 0 radical (unpaired) electrons. The van der Waals surface area contributed by atoms with Crippen LogP contribution in [0.5, 0.6) is 23.0 Å². The van der Waals surface area contributed by atoms with Gasteiger partial charge in [0, 0.05) is 5.56 Å². The number of aliphatic hydroxyl groups excluding tert-OH is 1. The molecular weight excluding hydrogens is 514 g/mol. The number of ketones is 1. The first-order chi connectivity index (χ1) is 19.4. The van der Waals surface area contributed by atoms with Gasteiger partial charge in [0.25, 0.3) is 11.7 Å². The van der Waals surface area contributed by atoms with E-state index in [0.717, 1.165) is 6.42 Å². The van der Waals surface area contributed by atoms with E-state index in [-0.39, 0.29) is 17.9 Å². The predicted molar refractivity (Wildman–Crippen MR) is 147 cm³/mol. The summed E-state index contributed by atoms with van der Waals surface area (Å²) in [6, 6.07) is 12.8. The molecule has 2 aromatic carbocycles. The number of carbonyl (C=O) groups excluding carboxylic acids is 2. The Morgan fingerprint density at radius 1 is 1.02 bits per heavy atom. The van der Waals surface area contributed by atoms with Gasteiger partial charge in [-0.15, -0.1) is 0 Å². The van der Waals surface area contributed by atoms with Gasteiger partial charge in [-0.25, -0.2) is 0 Å². The Morgan fingerprint density at radius 2 is 1.82 bits per heavy atom. The minimum Gasteiger partial charge on any atom is -0.507 e. The van der Waals surface area contributed by atoms with Crippen LogP contribution < -0.4 is 18.9 Å². The van der Waals surface area contributed by atoms with Crippen molar-refractivity contribution < 1.29 is 38.1 Å². The molecule has 1 fully saturated rings. The van der Waals surface area contributed by atoms with Crippen molar-refractivity contribution in [1.29, 1.82) is 0 Å². The summed E-state index contributed by atoms with van der Waals surface area (Å²) in [7, 11) is 0. The Balaban J connectivity index is 1.59. The van der Waals surface area contributed by atoms with Gasteiger partial charge in [0.05, 0.1) is 37.6 Å². The second-order valence-electron chi connectivity index (χ2n) is 10.0. The van der Waals surface area contributed by atoms with Gasteiger partial charge in [-0.3, -0.25) is 9.59 Å². The standard InChI is InChI=1S/C31H33NO8/c1-4-36-25-16-20(7-9-23(25)38-13-11-19(2)3)28-27(30(34)31(35)32(28)18-22-6-5-12-37-22)29(33)21-8-10-24-26(17-21)40-15-14-39-24/h5-10,12,16-17,19,28,33H,4,11,13-15,18H2,1-3H3. The first kappa shape index (κ1) is 27.2. The molecule has 2 aliphatic rings. The van der Waals surface area contributed by atoms with Gasteiger partial charge in [0.15, 0.2) is 23.0 Å². The highest BCUT2D eigenvalue weighted by Crippen LogP contribution is 2.44. The Kier molecular flexibility index (Phi) is 8.00. The van der Waals surface area contributed by atoms with Crippen LogP contribution >= 0.6 is 0 Å². The number of carbonyl (C=O) groups is 2. The zero-order valence-electron chi connectivity index (χ0n) is 22.8. The summed E-state index contributed by atoms with van der Waals surface area (Å²) >= 11 is 0. The van der Waals surface area contributed by atoms with E-state index in [1.54, 1.807) is 48.5 Å². The van der Waals surface area contributed by atoms with Crippen LogP contribution in [0.15, 0.2) is 64.8 Å². The summed E-state index contributed by atoms with van der Waals surface area (Å²) in [5.74, 6) is 1.21. The van der Waals surface area contributed by atoms with E-state index >= 15 is 0 Å². The highest BCUT2D eigenvalue weighted by Gasteiger charge is 2.46. The summed E-state index contributed by atoms with van der Waals surface area (Å²) in [5.41, 5.74) is 0.887. The molecule has 0 spiro atoms. The summed E-state index contributed by atoms with van der Waals surface area (Å²) < 4.78 is 28.6. The van der Waals surface area contributed by atoms with Crippen LogP contribution in [0.4, 0.5) is 0 Å². The third-order valence-corrected chi connectivity index (χ3v) is 6.80. The first-order valence-corrected chi connectivity index (χ1v) is 13.5. The molecule has 0 saturated carbocycles. The van der Waals surface area contributed by atoms with E-state index in [9.17, 15) is 14.7 Å². The Bertz CT molecular complexity index is 1410. The molecule has 1 saturated heterocycles. The van der Waals surface area contributed by atoms with Crippen molar-refractivity contribution in [2.75, 3.05) is 26.4 Å². The average molecular weight is 548 g/mol. The number of hydrogen-bond donors (Lipinski definition) is 1. The van der Waals surface area contributed by atoms with Crippen molar-refractivity contribution in [3.63, 3.8) is 0 Å². The van der Waals surface area contributed by atoms with Gasteiger partial charge in [0.1, 0.15) is 24.7 Å². The van der Waals surface area contributed by atoms with Crippen LogP contribution in [0.25, 0.3) is 5.76 Å².